The van der Waals surface area contributed by atoms with E-state index in [1.54, 1.807) is 24.3 Å². The van der Waals surface area contributed by atoms with Gasteiger partial charge in [-0.25, -0.2) is 4.79 Å². The summed E-state index contributed by atoms with van der Waals surface area (Å²) < 4.78 is 5.38. The van der Waals surface area contributed by atoms with Gasteiger partial charge in [0.15, 0.2) is 0 Å². The Hall–Kier alpha value is -2.52. The molecule has 0 saturated carbocycles. The minimum Gasteiger partial charge on any atom is -0.379 e. The number of hydrogen-bond acceptors (Lipinski definition) is 5. The van der Waals surface area contributed by atoms with Crippen LogP contribution in [0.2, 0.25) is 10.0 Å². The minimum atomic E-state index is -0.439. The quantitative estimate of drug-likeness (QED) is 0.522. The van der Waals surface area contributed by atoms with Gasteiger partial charge in [0.1, 0.15) is 0 Å². The Morgan fingerprint density at radius 1 is 0.882 bits per heavy atom. The number of amides is 3. The second kappa shape index (κ2) is 11.8. The second-order valence-corrected chi connectivity index (χ2v) is 9.16. The summed E-state index contributed by atoms with van der Waals surface area (Å²) in [7, 11) is 0. The van der Waals surface area contributed by atoms with Crippen LogP contribution in [0, 0.1) is 0 Å². The maximum absolute atomic E-state index is 13.1. The summed E-state index contributed by atoms with van der Waals surface area (Å²) in [4.78, 5) is 30.1. The number of nitrogens with zero attached hydrogens (tertiary/aromatic N) is 2. The summed E-state index contributed by atoms with van der Waals surface area (Å²) in [6.45, 7) is 6.36. The molecule has 182 valence electrons. The van der Waals surface area contributed by atoms with Crippen molar-refractivity contribution in [1.82, 2.24) is 10.2 Å². The Morgan fingerprint density at radius 2 is 1.56 bits per heavy atom. The summed E-state index contributed by atoms with van der Waals surface area (Å²) in [6, 6.07) is 9.86. The molecule has 3 N–H and O–H groups in total. The molecule has 0 bridgehead atoms. The number of benzene rings is 2. The molecular weight excluding hydrogens is 477 g/mol. The SMILES string of the molecule is O=C(Nc1ccc(Cl)c(Cl)c1)Nc1ccc(N2CCCC2)c(C(=O)NCCN2CCOCC2)c1. The summed E-state index contributed by atoms with van der Waals surface area (Å²) in [5, 5.41) is 9.33. The number of anilines is 3. The Morgan fingerprint density at radius 3 is 2.26 bits per heavy atom. The van der Waals surface area contributed by atoms with Crippen LogP contribution in [0.3, 0.4) is 0 Å². The molecule has 3 amide bonds. The third-order valence-corrected chi connectivity index (χ3v) is 6.68. The Kier molecular flexibility index (Phi) is 8.50. The molecule has 2 fully saturated rings. The third-order valence-electron chi connectivity index (χ3n) is 5.94. The van der Waals surface area contributed by atoms with E-state index in [-0.39, 0.29) is 5.91 Å². The molecule has 0 aromatic heterocycles. The van der Waals surface area contributed by atoms with E-state index in [4.69, 9.17) is 27.9 Å². The summed E-state index contributed by atoms with van der Waals surface area (Å²) in [6.07, 6.45) is 2.20. The van der Waals surface area contributed by atoms with Crippen LogP contribution in [0.15, 0.2) is 36.4 Å². The average Bonchev–Trinajstić information content (AvgIpc) is 3.37. The van der Waals surface area contributed by atoms with Crippen molar-refractivity contribution in [2.75, 3.05) is 68.0 Å². The van der Waals surface area contributed by atoms with Gasteiger partial charge in [-0.3, -0.25) is 9.69 Å². The van der Waals surface area contributed by atoms with Crippen LogP contribution < -0.4 is 20.9 Å². The lowest BCUT2D eigenvalue weighted by atomic mass is 10.1. The second-order valence-electron chi connectivity index (χ2n) is 8.34. The van der Waals surface area contributed by atoms with Crippen molar-refractivity contribution in [3.8, 4) is 0 Å². The van der Waals surface area contributed by atoms with E-state index >= 15 is 0 Å². The average molecular weight is 506 g/mol. The predicted molar refractivity (Wildman–Crippen MR) is 137 cm³/mol. The Balaban J connectivity index is 1.43. The lowest BCUT2D eigenvalue weighted by Gasteiger charge is -2.26. The van der Waals surface area contributed by atoms with E-state index in [0.717, 1.165) is 64.5 Å². The molecule has 0 unspecified atom stereocenters. The van der Waals surface area contributed by atoms with Gasteiger partial charge in [-0.2, -0.15) is 0 Å². The number of urea groups is 1. The molecule has 2 aromatic rings. The van der Waals surface area contributed by atoms with Crippen molar-refractivity contribution in [2.24, 2.45) is 0 Å². The number of hydrogen-bond donors (Lipinski definition) is 3. The smallest absolute Gasteiger partial charge is 0.323 e. The third kappa shape index (κ3) is 6.54. The standard InChI is InChI=1S/C24H29Cl2N5O3/c25-20-5-3-18(16-21(20)26)29-24(33)28-17-4-6-22(31-8-1-2-9-31)19(15-17)23(32)27-7-10-30-11-13-34-14-12-30/h3-6,15-16H,1-2,7-14H2,(H,27,32)(H2,28,29,33). The largest absolute Gasteiger partial charge is 0.379 e. The highest BCUT2D eigenvalue weighted by molar-refractivity contribution is 6.42. The highest BCUT2D eigenvalue weighted by Gasteiger charge is 2.21. The maximum atomic E-state index is 13.1. The molecule has 2 heterocycles. The lowest BCUT2D eigenvalue weighted by Crippen LogP contribution is -2.41. The Bertz CT molecular complexity index is 1020. The minimum absolute atomic E-state index is 0.149. The monoisotopic (exact) mass is 505 g/mol. The van der Waals surface area contributed by atoms with Gasteiger partial charge in [-0.15, -0.1) is 0 Å². The normalized spacial score (nSPS) is 16.4. The van der Waals surface area contributed by atoms with Gasteiger partial charge < -0.3 is 25.6 Å². The number of carbonyl (C=O) groups is 2. The van der Waals surface area contributed by atoms with Gasteiger partial charge in [0.05, 0.1) is 28.8 Å². The Labute approximate surface area is 209 Å². The molecule has 0 radical (unpaired) electrons. The molecule has 4 rings (SSSR count). The predicted octanol–water partition coefficient (Wildman–Crippen LogP) is 4.30. The molecule has 0 spiro atoms. The fourth-order valence-electron chi connectivity index (χ4n) is 4.14. The topological polar surface area (TPSA) is 85.9 Å². The van der Waals surface area contributed by atoms with Gasteiger partial charge >= 0.3 is 6.03 Å². The van der Waals surface area contributed by atoms with E-state index < -0.39 is 6.03 Å². The molecule has 2 aliphatic rings. The highest BCUT2D eigenvalue weighted by Crippen LogP contribution is 2.28. The van der Waals surface area contributed by atoms with Crippen molar-refractivity contribution < 1.29 is 14.3 Å². The van der Waals surface area contributed by atoms with Crippen molar-refractivity contribution in [2.45, 2.75) is 12.8 Å². The first kappa shape index (κ1) is 24.6. The van der Waals surface area contributed by atoms with E-state index in [1.807, 2.05) is 12.1 Å². The number of nitrogens with one attached hydrogen (secondary N) is 3. The van der Waals surface area contributed by atoms with Crippen LogP contribution in [0.25, 0.3) is 0 Å². The van der Waals surface area contributed by atoms with Crippen LogP contribution in [0.1, 0.15) is 23.2 Å². The van der Waals surface area contributed by atoms with E-state index in [2.05, 4.69) is 25.8 Å². The van der Waals surface area contributed by atoms with Gasteiger partial charge in [-0.05, 0) is 49.2 Å². The fraction of sp³-hybridized carbons (Fsp3) is 0.417. The number of halogens is 2. The first-order chi connectivity index (χ1) is 16.5. The van der Waals surface area contributed by atoms with Gasteiger partial charge in [0.25, 0.3) is 5.91 Å². The lowest BCUT2D eigenvalue weighted by molar-refractivity contribution is 0.0383. The summed E-state index contributed by atoms with van der Waals surface area (Å²) in [5.41, 5.74) is 2.48. The van der Waals surface area contributed by atoms with Crippen molar-refractivity contribution in [1.29, 1.82) is 0 Å². The molecule has 10 heteroatoms. The van der Waals surface area contributed by atoms with Crippen LogP contribution in [0.5, 0.6) is 0 Å². The molecule has 2 aliphatic heterocycles. The zero-order valence-electron chi connectivity index (χ0n) is 18.9. The van der Waals surface area contributed by atoms with Crippen LogP contribution in [-0.4, -0.2) is 69.3 Å². The zero-order chi connectivity index (χ0) is 23.9. The maximum Gasteiger partial charge on any atom is 0.323 e. The molecule has 0 atom stereocenters. The van der Waals surface area contributed by atoms with Crippen LogP contribution >= 0.6 is 23.2 Å². The molecule has 2 saturated heterocycles. The molecule has 0 aliphatic carbocycles. The zero-order valence-corrected chi connectivity index (χ0v) is 20.4. The van der Waals surface area contributed by atoms with E-state index in [9.17, 15) is 9.59 Å². The molecular formula is C24H29Cl2N5O3. The van der Waals surface area contributed by atoms with Crippen molar-refractivity contribution in [3.05, 3.63) is 52.0 Å². The van der Waals surface area contributed by atoms with Crippen molar-refractivity contribution >= 4 is 52.2 Å². The van der Waals surface area contributed by atoms with E-state index in [1.165, 1.54) is 0 Å². The van der Waals surface area contributed by atoms with E-state index in [0.29, 0.717) is 33.5 Å². The van der Waals surface area contributed by atoms with Crippen LogP contribution in [-0.2, 0) is 4.74 Å². The van der Waals surface area contributed by atoms with Gasteiger partial charge in [-0.1, -0.05) is 23.2 Å². The summed E-state index contributed by atoms with van der Waals surface area (Å²) in [5.74, 6) is -0.149. The fourth-order valence-corrected chi connectivity index (χ4v) is 4.44. The van der Waals surface area contributed by atoms with Gasteiger partial charge in [0.2, 0.25) is 0 Å². The highest BCUT2D eigenvalue weighted by atomic mass is 35.5. The number of morpholine rings is 1. The van der Waals surface area contributed by atoms with Gasteiger partial charge in [0, 0.05) is 56.3 Å². The number of ether oxygens (including phenoxy) is 1. The van der Waals surface area contributed by atoms with Crippen molar-refractivity contribution in [3.63, 3.8) is 0 Å². The molecule has 2 aromatic carbocycles. The molecule has 8 nitrogen and oxygen atoms in total. The number of rotatable bonds is 7. The molecule has 34 heavy (non-hydrogen) atoms. The first-order valence-corrected chi connectivity index (χ1v) is 12.3. The summed E-state index contributed by atoms with van der Waals surface area (Å²) >= 11 is 12.0. The first-order valence-electron chi connectivity index (χ1n) is 11.5. The van der Waals surface area contributed by atoms with Crippen LogP contribution in [0.4, 0.5) is 21.9 Å². The number of carbonyl (C=O) groups excluding carboxylic acids is 2.